The Balaban J connectivity index is 3.00. The van der Waals surface area contributed by atoms with Crippen LogP contribution in [0.25, 0.3) is 0 Å². The number of amides is 1. The second-order valence-electron chi connectivity index (χ2n) is 5.46. The van der Waals surface area contributed by atoms with Gasteiger partial charge >= 0.3 is 0 Å². The van der Waals surface area contributed by atoms with Crippen molar-refractivity contribution < 1.29 is 10.0 Å². The van der Waals surface area contributed by atoms with Crippen LogP contribution in [0.3, 0.4) is 0 Å². The average Bonchev–Trinajstić information content (AvgIpc) is 2.39. The van der Waals surface area contributed by atoms with Gasteiger partial charge in [0, 0.05) is 25.5 Å². The molecule has 1 aromatic carbocycles. The van der Waals surface area contributed by atoms with Crippen molar-refractivity contribution in [3.8, 4) is 0 Å². The van der Waals surface area contributed by atoms with Crippen LogP contribution in [0.15, 0.2) is 23.4 Å². The summed E-state index contributed by atoms with van der Waals surface area (Å²) in [6, 6.07) is 5.64. The van der Waals surface area contributed by atoms with Crippen LogP contribution >= 0.6 is 0 Å². The third-order valence-electron chi connectivity index (χ3n) is 3.26. The summed E-state index contributed by atoms with van der Waals surface area (Å²) in [7, 11) is 3.88. The molecule has 0 unspecified atom stereocenters. The number of benzene rings is 1. The molecule has 0 aliphatic rings. The molecule has 1 rings (SSSR count). The molecule has 0 aliphatic carbocycles. The first-order chi connectivity index (χ1) is 9.20. The molecule has 0 bridgehead atoms. The molecule has 110 valence electrons. The first-order valence-electron chi connectivity index (χ1n) is 6.27. The predicted molar refractivity (Wildman–Crippen MR) is 81.3 cm³/mol. The molecule has 1 amide bonds. The largest absolute Gasteiger partial charge is 0.409 e. The van der Waals surface area contributed by atoms with Gasteiger partial charge in [-0.15, -0.1) is 0 Å². The molecule has 0 atom stereocenters. The number of hydrogen-bond donors (Lipinski definition) is 3. The van der Waals surface area contributed by atoms with Gasteiger partial charge in [0.2, 0.25) is 5.91 Å². The van der Waals surface area contributed by atoms with E-state index in [9.17, 15) is 4.79 Å². The highest BCUT2D eigenvalue weighted by molar-refractivity contribution is 6.11. The van der Waals surface area contributed by atoms with E-state index >= 15 is 0 Å². The fraction of sp³-hybridized carbons (Fsp3) is 0.429. The van der Waals surface area contributed by atoms with Gasteiger partial charge in [-0.05, 0) is 38.5 Å². The summed E-state index contributed by atoms with van der Waals surface area (Å²) >= 11 is 0. The lowest BCUT2D eigenvalue weighted by atomic mass is 9.91. The van der Waals surface area contributed by atoms with Gasteiger partial charge in [0.25, 0.3) is 0 Å². The van der Waals surface area contributed by atoms with Gasteiger partial charge in [0.1, 0.15) is 5.41 Å². The Hall–Kier alpha value is -2.24. The lowest BCUT2D eigenvalue weighted by Gasteiger charge is -2.23. The highest BCUT2D eigenvalue weighted by Crippen LogP contribution is 2.24. The summed E-state index contributed by atoms with van der Waals surface area (Å²) in [5.74, 6) is -0.462. The quantitative estimate of drug-likeness (QED) is 0.339. The summed E-state index contributed by atoms with van der Waals surface area (Å²) in [5.41, 5.74) is 7.26. The fourth-order valence-corrected chi connectivity index (χ4v) is 1.70. The first kappa shape index (κ1) is 15.8. The van der Waals surface area contributed by atoms with Crippen LogP contribution in [0.4, 0.5) is 11.4 Å². The van der Waals surface area contributed by atoms with E-state index in [1.54, 1.807) is 13.8 Å². The summed E-state index contributed by atoms with van der Waals surface area (Å²) in [6.07, 6.45) is 0. The minimum absolute atomic E-state index is 0.130. The lowest BCUT2D eigenvalue weighted by molar-refractivity contribution is -0.121. The highest BCUT2D eigenvalue weighted by atomic mass is 16.4. The van der Waals surface area contributed by atoms with E-state index in [0.717, 1.165) is 11.3 Å². The summed E-state index contributed by atoms with van der Waals surface area (Å²) in [6.45, 7) is 5.19. The maximum atomic E-state index is 12.2. The van der Waals surface area contributed by atoms with Crippen LogP contribution in [0, 0.1) is 12.3 Å². The van der Waals surface area contributed by atoms with Crippen molar-refractivity contribution in [1.82, 2.24) is 0 Å². The van der Waals surface area contributed by atoms with E-state index in [1.807, 2.05) is 44.1 Å². The topological polar surface area (TPSA) is 91.0 Å². The molecule has 1 aromatic rings. The zero-order valence-electron chi connectivity index (χ0n) is 12.6. The van der Waals surface area contributed by atoms with Crippen molar-refractivity contribution >= 4 is 23.1 Å². The fourth-order valence-electron chi connectivity index (χ4n) is 1.70. The Morgan fingerprint density at radius 3 is 2.50 bits per heavy atom. The van der Waals surface area contributed by atoms with E-state index in [-0.39, 0.29) is 11.7 Å². The maximum absolute atomic E-state index is 12.2. The number of oxime groups is 1. The number of amidine groups is 1. The van der Waals surface area contributed by atoms with Crippen molar-refractivity contribution in [1.29, 1.82) is 0 Å². The van der Waals surface area contributed by atoms with Gasteiger partial charge in [-0.1, -0.05) is 11.2 Å². The molecule has 4 N–H and O–H groups in total. The molecular formula is C14H22N4O2. The third-order valence-corrected chi connectivity index (χ3v) is 3.26. The molecule has 0 heterocycles. The van der Waals surface area contributed by atoms with Crippen LogP contribution < -0.4 is 16.0 Å². The number of carbonyl (C=O) groups excluding carboxylic acids is 1. The summed E-state index contributed by atoms with van der Waals surface area (Å²) < 4.78 is 0. The number of nitrogens with zero attached hydrogens (tertiary/aromatic N) is 2. The number of aryl methyl sites for hydroxylation is 1. The molecule has 6 heteroatoms. The van der Waals surface area contributed by atoms with E-state index in [4.69, 9.17) is 10.9 Å². The molecule has 0 saturated carbocycles. The lowest BCUT2D eigenvalue weighted by Crippen LogP contribution is -2.42. The summed E-state index contributed by atoms with van der Waals surface area (Å²) in [4.78, 5) is 14.2. The average molecular weight is 278 g/mol. The molecule has 20 heavy (non-hydrogen) atoms. The van der Waals surface area contributed by atoms with Crippen molar-refractivity contribution in [2.75, 3.05) is 24.3 Å². The number of hydrogen-bond acceptors (Lipinski definition) is 4. The van der Waals surface area contributed by atoms with E-state index in [2.05, 4.69) is 10.5 Å². The van der Waals surface area contributed by atoms with Crippen molar-refractivity contribution in [3.63, 3.8) is 0 Å². The molecular weight excluding hydrogens is 256 g/mol. The number of carbonyl (C=O) groups is 1. The summed E-state index contributed by atoms with van der Waals surface area (Å²) in [5, 5.41) is 14.4. The Morgan fingerprint density at radius 2 is 2.00 bits per heavy atom. The Bertz CT molecular complexity index is 536. The number of nitrogens with two attached hydrogens (primary N) is 1. The third kappa shape index (κ3) is 3.20. The van der Waals surface area contributed by atoms with Crippen LogP contribution in [0.2, 0.25) is 0 Å². The molecule has 6 nitrogen and oxygen atoms in total. The Kier molecular flexibility index (Phi) is 4.60. The van der Waals surface area contributed by atoms with E-state index in [0.29, 0.717) is 5.69 Å². The van der Waals surface area contributed by atoms with Crippen molar-refractivity contribution in [3.05, 3.63) is 23.8 Å². The smallest absolute Gasteiger partial charge is 0.237 e. The highest BCUT2D eigenvalue weighted by Gasteiger charge is 2.32. The zero-order chi connectivity index (χ0) is 15.5. The van der Waals surface area contributed by atoms with Crippen molar-refractivity contribution in [2.45, 2.75) is 20.8 Å². The predicted octanol–water partition coefficient (Wildman–Crippen LogP) is 1.77. The minimum Gasteiger partial charge on any atom is -0.409 e. The van der Waals surface area contributed by atoms with E-state index in [1.165, 1.54) is 0 Å². The molecule has 0 aliphatic heterocycles. The minimum atomic E-state index is -1.09. The van der Waals surface area contributed by atoms with E-state index < -0.39 is 5.41 Å². The molecule has 0 saturated heterocycles. The number of anilines is 2. The second kappa shape index (κ2) is 5.81. The van der Waals surface area contributed by atoms with Crippen molar-refractivity contribution in [2.24, 2.45) is 16.3 Å². The van der Waals surface area contributed by atoms with Gasteiger partial charge in [-0.2, -0.15) is 0 Å². The molecule has 0 spiro atoms. The monoisotopic (exact) mass is 278 g/mol. The Morgan fingerprint density at radius 1 is 1.40 bits per heavy atom. The first-order valence-corrected chi connectivity index (χ1v) is 6.27. The standard InChI is InChI=1S/C14H22N4O2/c1-9-6-7-10(8-11(9)18(4)5)16-13(19)14(2,3)12(15)17-20/h6-8,20H,1-5H3,(H2,15,17)(H,16,19). The number of rotatable bonds is 4. The molecule has 0 aromatic heterocycles. The normalized spacial score (nSPS) is 12.2. The van der Waals surface area contributed by atoms with Gasteiger partial charge in [-0.3, -0.25) is 4.79 Å². The SMILES string of the molecule is Cc1ccc(NC(=O)C(C)(C)/C(N)=N/O)cc1N(C)C. The number of nitrogens with one attached hydrogen (secondary N) is 1. The van der Waals surface area contributed by atoms with Gasteiger partial charge in [0.05, 0.1) is 0 Å². The van der Waals surface area contributed by atoms with Crippen LogP contribution in [0.5, 0.6) is 0 Å². The van der Waals surface area contributed by atoms with Gasteiger partial charge in [-0.25, -0.2) is 0 Å². The zero-order valence-corrected chi connectivity index (χ0v) is 12.6. The van der Waals surface area contributed by atoms with Crippen LogP contribution in [0.1, 0.15) is 19.4 Å². The Labute approximate surface area is 119 Å². The van der Waals surface area contributed by atoms with Gasteiger partial charge < -0.3 is 21.2 Å². The van der Waals surface area contributed by atoms with Gasteiger partial charge in [0.15, 0.2) is 5.84 Å². The maximum Gasteiger partial charge on any atom is 0.237 e. The van der Waals surface area contributed by atoms with Crippen LogP contribution in [-0.2, 0) is 4.79 Å². The van der Waals surface area contributed by atoms with Crippen LogP contribution in [-0.4, -0.2) is 31.0 Å². The molecule has 0 radical (unpaired) electrons. The second-order valence-corrected chi connectivity index (χ2v) is 5.46. The molecule has 0 fully saturated rings.